The summed E-state index contributed by atoms with van der Waals surface area (Å²) in [7, 11) is 2.28. The van der Waals surface area contributed by atoms with Crippen molar-refractivity contribution < 1.29 is 13.8 Å². The monoisotopic (exact) mass is 478 g/mol. The summed E-state index contributed by atoms with van der Waals surface area (Å²) in [4.78, 5) is 2.04. The molecule has 1 aliphatic rings. The Morgan fingerprint density at radius 3 is 2.12 bits per heavy atom. The molecule has 0 bridgehead atoms. The normalized spacial score (nSPS) is 16.9. The molecule has 1 aliphatic carbocycles. The van der Waals surface area contributed by atoms with Crippen molar-refractivity contribution >= 4 is 24.0 Å². The van der Waals surface area contributed by atoms with Gasteiger partial charge < -0.3 is 19.5 Å². The van der Waals surface area contributed by atoms with Gasteiger partial charge in [0.2, 0.25) is 0 Å². The summed E-state index contributed by atoms with van der Waals surface area (Å²) in [6, 6.07) is 25.7. The molecule has 1 fully saturated rings. The first-order valence-electron chi connectivity index (χ1n) is 12.0. The molecule has 0 aromatic heterocycles. The first-order chi connectivity index (χ1) is 16.5. The van der Waals surface area contributed by atoms with Gasteiger partial charge in [-0.25, -0.2) is 0 Å². The number of para-hydroxylation sites is 1. The van der Waals surface area contributed by atoms with Crippen LogP contribution in [0.1, 0.15) is 43.5 Å². The SMILES string of the molecule is COc1ccc([C@@H](Nc2ccccc2)[P@](=O)(OC2CCCCC2)c2ccc(N(C)C)cc2)cc1. The number of benzene rings is 3. The Balaban J connectivity index is 1.80. The van der Waals surface area contributed by atoms with Crippen molar-refractivity contribution in [2.75, 3.05) is 31.4 Å². The zero-order valence-electron chi connectivity index (χ0n) is 20.3. The standard InChI is InChI=1S/C28H35N2O3P/c1-30(2)24-16-20-27(21-17-24)34(31,33-26-12-8-5-9-13-26)28(29-23-10-6-4-7-11-23)22-14-18-25(32-3)19-15-22/h4,6-7,10-11,14-21,26,28-29H,5,8-9,12-13H2,1-3H3/t28-,34+/m0/s1. The van der Waals surface area contributed by atoms with Crippen molar-refractivity contribution in [2.45, 2.75) is 44.0 Å². The summed E-state index contributed by atoms with van der Waals surface area (Å²) in [6.07, 6.45) is 5.33. The number of rotatable bonds is 9. The van der Waals surface area contributed by atoms with E-state index in [2.05, 4.69) is 5.32 Å². The second-order valence-electron chi connectivity index (χ2n) is 9.06. The minimum Gasteiger partial charge on any atom is -0.497 e. The molecule has 0 saturated heterocycles. The van der Waals surface area contributed by atoms with Crippen molar-refractivity contribution in [3.8, 4) is 5.75 Å². The van der Waals surface area contributed by atoms with Gasteiger partial charge in [0.15, 0.2) is 0 Å². The Bertz CT molecular complexity index is 1080. The van der Waals surface area contributed by atoms with Gasteiger partial charge in [0, 0.05) is 30.8 Å². The van der Waals surface area contributed by atoms with Gasteiger partial charge in [0.25, 0.3) is 7.37 Å². The molecule has 180 valence electrons. The van der Waals surface area contributed by atoms with Crippen LogP contribution in [-0.2, 0) is 9.09 Å². The zero-order valence-corrected chi connectivity index (χ0v) is 21.2. The lowest BCUT2D eigenvalue weighted by Gasteiger charge is -2.34. The van der Waals surface area contributed by atoms with Gasteiger partial charge in [0.05, 0.1) is 13.2 Å². The topological polar surface area (TPSA) is 50.8 Å². The van der Waals surface area contributed by atoms with E-state index in [0.717, 1.165) is 53.7 Å². The zero-order chi connectivity index (χ0) is 24.0. The Labute approximate surface area is 203 Å². The third kappa shape index (κ3) is 5.65. The maximum atomic E-state index is 15.1. The Kier molecular flexibility index (Phi) is 7.97. The largest absolute Gasteiger partial charge is 0.497 e. The number of hydrogen-bond acceptors (Lipinski definition) is 5. The maximum absolute atomic E-state index is 15.1. The molecule has 0 amide bonds. The molecule has 1 N–H and O–H groups in total. The van der Waals surface area contributed by atoms with Crippen LogP contribution in [0.4, 0.5) is 11.4 Å². The van der Waals surface area contributed by atoms with Crippen LogP contribution >= 0.6 is 7.37 Å². The maximum Gasteiger partial charge on any atom is 0.258 e. The van der Waals surface area contributed by atoms with Gasteiger partial charge in [-0.1, -0.05) is 49.6 Å². The number of nitrogens with zero attached hydrogens (tertiary/aromatic N) is 1. The average Bonchev–Trinajstić information content (AvgIpc) is 2.88. The lowest BCUT2D eigenvalue weighted by molar-refractivity contribution is 0.159. The smallest absolute Gasteiger partial charge is 0.258 e. The first kappa shape index (κ1) is 24.4. The molecule has 2 atom stereocenters. The fraction of sp³-hybridized carbons (Fsp3) is 0.357. The van der Waals surface area contributed by atoms with Gasteiger partial charge in [-0.2, -0.15) is 0 Å². The van der Waals surface area contributed by atoms with Crippen LogP contribution in [0.3, 0.4) is 0 Å². The van der Waals surface area contributed by atoms with Crippen LogP contribution in [-0.4, -0.2) is 27.3 Å². The summed E-state index contributed by atoms with van der Waals surface area (Å²) >= 11 is 0. The first-order valence-corrected chi connectivity index (χ1v) is 13.7. The van der Waals surface area contributed by atoms with Crippen LogP contribution in [0.25, 0.3) is 0 Å². The molecular formula is C28H35N2O3P. The summed E-state index contributed by atoms with van der Waals surface area (Å²) in [6.45, 7) is 0. The minimum atomic E-state index is -3.38. The Morgan fingerprint density at radius 2 is 1.53 bits per heavy atom. The minimum absolute atomic E-state index is 0.00793. The van der Waals surface area contributed by atoms with Crippen molar-refractivity contribution in [3.05, 3.63) is 84.4 Å². The van der Waals surface area contributed by atoms with Gasteiger partial charge >= 0.3 is 0 Å². The molecule has 34 heavy (non-hydrogen) atoms. The fourth-order valence-electron chi connectivity index (χ4n) is 4.46. The van der Waals surface area contributed by atoms with E-state index in [1.165, 1.54) is 6.42 Å². The van der Waals surface area contributed by atoms with Crippen molar-refractivity contribution in [2.24, 2.45) is 0 Å². The molecule has 1 saturated carbocycles. The van der Waals surface area contributed by atoms with E-state index < -0.39 is 13.2 Å². The third-order valence-corrected chi connectivity index (χ3v) is 9.17. The van der Waals surface area contributed by atoms with E-state index in [0.29, 0.717) is 0 Å². The van der Waals surface area contributed by atoms with Crippen molar-refractivity contribution in [1.29, 1.82) is 0 Å². The molecule has 0 radical (unpaired) electrons. The van der Waals surface area contributed by atoms with Crippen LogP contribution in [0.15, 0.2) is 78.9 Å². The van der Waals surface area contributed by atoms with E-state index in [4.69, 9.17) is 9.26 Å². The second-order valence-corrected chi connectivity index (χ2v) is 11.5. The number of ether oxygens (including phenoxy) is 1. The summed E-state index contributed by atoms with van der Waals surface area (Å²) in [5.74, 6) is 0.230. The lowest BCUT2D eigenvalue weighted by Crippen LogP contribution is -2.25. The van der Waals surface area contributed by atoms with Crippen LogP contribution in [0, 0.1) is 0 Å². The Morgan fingerprint density at radius 1 is 0.882 bits per heavy atom. The van der Waals surface area contributed by atoms with E-state index >= 15 is 4.57 Å². The van der Waals surface area contributed by atoms with Crippen LogP contribution in [0.2, 0.25) is 0 Å². The molecule has 3 aromatic carbocycles. The predicted octanol–water partition coefficient (Wildman–Crippen LogP) is 6.82. The highest BCUT2D eigenvalue weighted by Crippen LogP contribution is 2.60. The van der Waals surface area contributed by atoms with E-state index in [-0.39, 0.29) is 6.10 Å². The highest BCUT2D eigenvalue weighted by Gasteiger charge is 2.40. The van der Waals surface area contributed by atoms with E-state index in [1.807, 2.05) is 97.9 Å². The highest BCUT2D eigenvalue weighted by atomic mass is 31.2. The molecule has 5 nitrogen and oxygen atoms in total. The molecule has 0 heterocycles. The van der Waals surface area contributed by atoms with E-state index in [9.17, 15) is 0 Å². The molecular weight excluding hydrogens is 443 g/mol. The highest BCUT2D eigenvalue weighted by molar-refractivity contribution is 7.67. The number of anilines is 2. The molecule has 6 heteroatoms. The summed E-state index contributed by atoms with van der Waals surface area (Å²) in [5, 5.41) is 4.29. The van der Waals surface area contributed by atoms with Crippen LogP contribution < -0.4 is 20.3 Å². The Hall–Kier alpha value is -2.75. The fourth-order valence-corrected chi connectivity index (χ4v) is 7.11. The van der Waals surface area contributed by atoms with Gasteiger partial charge in [-0.15, -0.1) is 0 Å². The third-order valence-electron chi connectivity index (χ3n) is 6.43. The number of methoxy groups -OCH3 is 1. The molecule has 0 unspecified atom stereocenters. The molecule has 0 aliphatic heterocycles. The van der Waals surface area contributed by atoms with Crippen molar-refractivity contribution in [1.82, 2.24) is 0 Å². The molecule has 3 aromatic rings. The lowest BCUT2D eigenvalue weighted by atomic mass is 9.98. The second kappa shape index (κ2) is 11.1. The van der Waals surface area contributed by atoms with Gasteiger partial charge in [0.1, 0.15) is 11.5 Å². The summed E-state index contributed by atoms with van der Waals surface area (Å²) < 4.78 is 27.1. The predicted molar refractivity (Wildman–Crippen MR) is 142 cm³/mol. The molecule has 4 rings (SSSR count). The van der Waals surface area contributed by atoms with Gasteiger partial charge in [-0.05, 0) is 66.9 Å². The molecule has 0 spiro atoms. The summed E-state index contributed by atoms with van der Waals surface area (Å²) in [5.41, 5.74) is 2.87. The quantitative estimate of drug-likeness (QED) is 0.342. The average molecular weight is 479 g/mol. The van der Waals surface area contributed by atoms with Crippen molar-refractivity contribution in [3.63, 3.8) is 0 Å². The van der Waals surface area contributed by atoms with Gasteiger partial charge in [-0.3, -0.25) is 4.57 Å². The van der Waals surface area contributed by atoms with Crippen LogP contribution in [0.5, 0.6) is 5.75 Å². The van der Waals surface area contributed by atoms with E-state index in [1.54, 1.807) is 7.11 Å². The number of hydrogen-bond donors (Lipinski definition) is 1. The number of nitrogens with one attached hydrogen (secondary N) is 1.